The Morgan fingerprint density at radius 1 is 0.905 bits per heavy atom. The molecular weight excluding hydrogens is 252 g/mol. The van der Waals surface area contributed by atoms with Crippen molar-refractivity contribution in [3.05, 3.63) is 11.6 Å². The molecule has 0 bridgehead atoms. The van der Waals surface area contributed by atoms with E-state index in [9.17, 15) is 0 Å². The van der Waals surface area contributed by atoms with Gasteiger partial charge in [-0.2, -0.15) is 0 Å². The second-order valence-corrected chi connectivity index (χ2v) is 9.99. The molecule has 21 heavy (non-hydrogen) atoms. The molecule has 3 saturated carbocycles. The second-order valence-electron chi connectivity index (χ2n) is 9.99. The summed E-state index contributed by atoms with van der Waals surface area (Å²) in [6.07, 6.45) is 15.9. The first-order chi connectivity index (χ1) is 9.87. The van der Waals surface area contributed by atoms with Crippen LogP contribution >= 0.6 is 0 Å². The van der Waals surface area contributed by atoms with Gasteiger partial charge in [0.05, 0.1) is 0 Å². The molecule has 0 aromatic rings. The summed E-state index contributed by atoms with van der Waals surface area (Å²) in [7, 11) is 0. The number of rotatable bonds is 0. The first kappa shape index (κ1) is 14.3. The van der Waals surface area contributed by atoms with Crippen LogP contribution in [0.15, 0.2) is 11.6 Å². The number of allylic oxidation sites excluding steroid dienone is 2. The molecule has 0 spiro atoms. The van der Waals surface area contributed by atoms with Crippen LogP contribution in [-0.2, 0) is 0 Å². The summed E-state index contributed by atoms with van der Waals surface area (Å²) in [5, 5.41) is 0. The van der Waals surface area contributed by atoms with Crippen molar-refractivity contribution >= 4 is 0 Å². The van der Waals surface area contributed by atoms with Crippen LogP contribution in [0.4, 0.5) is 0 Å². The van der Waals surface area contributed by atoms with E-state index in [1.54, 1.807) is 0 Å². The SMILES string of the molecule is CC1(C)CCC[C@]2(C)[C@H]3CC[C@]4(C)CCC=C4[C@@H]3CC[C@@H]12. The molecule has 4 aliphatic carbocycles. The zero-order chi connectivity index (χ0) is 14.9. The lowest BCUT2D eigenvalue weighted by atomic mass is 9.43. The van der Waals surface area contributed by atoms with E-state index >= 15 is 0 Å². The molecule has 0 nitrogen and oxygen atoms in total. The molecule has 0 saturated heterocycles. The molecule has 118 valence electrons. The molecule has 0 unspecified atom stereocenters. The molecule has 4 aliphatic rings. The largest absolute Gasteiger partial charge is 0.0845 e. The van der Waals surface area contributed by atoms with Crippen molar-refractivity contribution in [1.29, 1.82) is 0 Å². The Labute approximate surface area is 131 Å². The smallest absolute Gasteiger partial charge is 0.0110 e. The second kappa shape index (κ2) is 4.39. The van der Waals surface area contributed by atoms with Gasteiger partial charge in [-0.1, -0.05) is 45.8 Å². The Hall–Kier alpha value is -0.260. The fourth-order valence-electron chi connectivity index (χ4n) is 7.52. The average molecular weight is 287 g/mol. The first-order valence-electron chi connectivity index (χ1n) is 9.57. The summed E-state index contributed by atoms with van der Waals surface area (Å²) < 4.78 is 0. The predicted molar refractivity (Wildman–Crippen MR) is 90.1 cm³/mol. The van der Waals surface area contributed by atoms with Crippen LogP contribution in [0.5, 0.6) is 0 Å². The summed E-state index contributed by atoms with van der Waals surface area (Å²) in [5.41, 5.74) is 3.72. The minimum atomic E-state index is 0.586. The van der Waals surface area contributed by atoms with Crippen LogP contribution in [0, 0.1) is 34.0 Å². The van der Waals surface area contributed by atoms with E-state index in [-0.39, 0.29) is 0 Å². The fourth-order valence-corrected chi connectivity index (χ4v) is 7.52. The monoisotopic (exact) mass is 286 g/mol. The van der Waals surface area contributed by atoms with Crippen LogP contribution in [0.2, 0.25) is 0 Å². The molecule has 3 fully saturated rings. The fraction of sp³-hybridized carbons (Fsp3) is 0.905. The third kappa shape index (κ3) is 1.86. The van der Waals surface area contributed by atoms with Crippen LogP contribution < -0.4 is 0 Å². The van der Waals surface area contributed by atoms with E-state index < -0.39 is 0 Å². The summed E-state index contributed by atoms with van der Waals surface area (Å²) in [4.78, 5) is 0. The van der Waals surface area contributed by atoms with Gasteiger partial charge in [-0.05, 0) is 85.4 Å². The molecule has 0 aromatic carbocycles. The van der Waals surface area contributed by atoms with Crippen molar-refractivity contribution in [3.8, 4) is 0 Å². The van der Waals surface area contributed by atoms with Gasteiger partial charge in [0.15, 0.2) is 0 Å². The minimum Gasteiger partial charge on any atom is -0.0845 e. The highest BCUT2D eigenvalue weighted by atomic mass is 14.6. The van der Waals surface area contributed by atoms with E-state index in [1.165, 1.54) is 57.8 Å². The summed E-state index contributed by atoms with van der Waals surface area (Å²) in [5.74, 6) is 2.92. The summed E-state index contributed by atoms with van der Waals surface area (Å²) in [6.45, 7) is 10.4. The molecular formula is C21H34. The Morgan fingerprint density at radius 2 is 1.71 bits per heavy atom. The molecule has 0 amide bonds. The molecule has 0 radical (unpaired) electrons. The van der Waals surface area contributed by atoms with Crippen LogP contribution in [0.25, 0.3) is 0 Å². The van der Waals surface area contributed by atoms with E-state index in [0.717, 1.165) is 17.8 Å². The molecule has 0 aliphatic heterocycles. The number of hydrogen-bond acceptors (Lipinski definition) is 0. The number of hydrogen-bond donors (Lipinski definition) is 0. The highest BCUT2D eigenvalue weighted by Gasteiger charge is 2.58. The summed E-state index contributed by atoms with van der Waals surface area (Å²) >= 11 is 0. The third-order valence-electron chi connectivity index (χ3n) is 8.54. The molecule has 0 heteroatoms. The van der Waals surface area contributed by atoms with Gasteiger partial charge in [0, 0.05) is 0 Å². The summed E-state index contributed by atoms with van der Waals surface area (Å²) in [6, 6.07) is 0. The predicted octanol–water partition coefficient (Wildman–Crippen LogP) is 6.37. The van der Waals surface area contributed by atoms with E-state index in [2.05, 4.69) is 33.8 Å². The minimum absolute atomic E-state index is 0.586. The molecule has 0 heterocycles. The van der Waals surface area contributed by atoms with Gasteiger partial charge in [-0.15, -0.1) is 0 Å². The number of fused-ring (bicyclic) bond motifs is 5. The lowest BCUT2D eigenvalue weighted by Crippen LogP contribution is -2.54. The molecule has 5 atom stereocenters. The van der Waals surface area contributed by atoms with E-state index in [4.69, 9.17) is 0 Å². The van der Waals surface area contributed by atoms with Crippen molar-refractivity contribution in [2.75, 3.05) is 0 Å². The van der Waals surface area contributed by atoms with Crippen LogP contribution in [-0.4, -0.2) is 0 Å². The maximum atomic E-state index is 2.69. The van der Waals surface area contributed by atoms with Gasteiger partial charge < -0.3 is 0 Å². The topological polar surface area (TPSA) is 0 Å². The Kier molecular flexibility index (Phi) is 3.00. The normalized spacial score (nSPS) is 51.6. The zero-order valence-corrected chi connectivity index (χ0v) is 14.7. The van der Waals surface area contributed by atoms with Gasteiger partial charge in [-0.3, -0.25) is 0 Å². The van der Waals surface area contributed by atoms with Crippen molar-refractivity contribution in [1.82, 2.24) is 0 Å². The third-order valence-corrected chi connectivity index (χ3v) is 8.54. The standard InChI is InChI=1S/C21H34/c1-19(2)11-6-13-21(4)17-10-14-20(3)12-5-7-16(20)15(17)8-9-18(19)21/h7,15,17-18H,5-6,8-14H2,1-4H3/t15-,17-,18-,20-,21+/m0/s1. The Bertz CT molecular complexity index is 470. The average Bonchev–Trinajstić information content (AvgIpc) is 2.79. The first-order valence-corrected chi connectivity index (χ1v) is 9.57. The van der Waals surface area contributed by atoms with Gasteiger partial charge in [0.2, 0.25) is 0 Å². The van der Waals surface area contributed by atoms with Crippen molar-refractivity contribution < 1.29 is 0 Å². The van der Waals surface area contributed by atoms with E-state index in [1.807, 2.05) is 5.57 Å². The maximum Gasteiger partial charge on any atom is -0.0110 e. The Balaban J connectivity index is 1.70. The maximum absolute atomic E-state index is 2.69. The quantitative estimate of drug-likeness (QED) is 0.454. The van der Waals surface area contributed by atoms with Gasteiger partial charge in [-0.25, -0.2) is 0 Å². The highest BCUT2D eigenvalue weighted by molar-refractivity contribution is 5.27. The van der Waals surface area contributed by atoms with Crippen molar-refractivity contribution in [2.45, 2.75) is 85.5 Å². The van der Waals surface area contributed by atoms with Gasteiger partial charge in [0.25, 0.3) is 0 Å². The van der Waals surface area contributed by atoms with Crippen LogP contribution in [0.1, 0.15) is 85.5 Å². The highest BCUT2D eigenvalue weighted by Crippen LogP contribution is 2.67. The van der Waals surface area contributed by atoms with Crippen molar-refractivity contribution in [2.24, 2.45) is 34.0 Å². The lowest BCUT2D eigenvalue weighted by Gasteiger charge is -2.62. The Morgan fingerprint density at radius 3 is 2.52 bits per heavy atom. The van der Waals surface area contributed by atoms with Gasteiger partial charge in [0.1, 0.15) is 0 Å². The van der Waals surface area contributed by atoms with Crippen molar-refractivity contribution in [3.63, 3.8) is 0 Å². The molecule has 0 aromatic heterocycles. The van der Waals surface area contributed by atoms with Gasteiger partial charge >= 0.3 is 0 Å². The zero-order valence-electron chi connectivity index (χ0n) is 14.7. The molecule has 0 N–H and O–H groups in total. The van der Waals surface area contributed by atoms with Crippen LogP contribution in [0.3, 0.4) is 0 Å². The molecule has 4 rings (SSSR count). The van der Waals surface area contributed by atoms with E-state index in [0.29, 0.717) is 16.2 Å². The lowest BCUT2D eigenvalue weighted by molar-refractivity contribution is -0.105.